The van der Waals surface area contributed by atoms with Gasteiger partial charge in [-0.1, -0.05) is 56.9 Å². The molecule has 0 amide bonds. The first-order valence-electron chi connectivity index (χ1n) is 11.0. The predicted octanol–water partition coefficient (Wildman–Crippen LogP) is 5.56. The zero-order valence-electron chi connectivity index (χ0n) is 19.0. The number of esters is 1. The zero-order chi connectivity index (χ0) is 22.8. The second-order valence-corrected chi connectivity index (χ2v) is 7.56. The lowest BCUT2D eigenvalue weighted by Crippen LogP contribution is -2.05. The summed E-state index contributed by atoms with van der Waals surface area (Å²) in [6.07, 6.45) is 5.97. The van der Waals surface area contributed by atoms with Gasteiger partial charge in [0.2, 0.25) is 0 Å². The van der Waals surface area contributed by atoms with Crippen molar-refractivity contribution < 1.29 is 19.0 Å². The minimum absolute atomic E-state index is 0.167. The third-order valence-electron chi connectivity index (χ3n) is 5.27. The average molecular weight is 438 g/mol. The Morgan fingerprint density at radius 3 is 2.53 bits per heavy atom. The van der Waals surface area contributed by atoms with Crippen molar-refractivity contribution in [3.05, 3.63) is 48.0 Å². The van der Waals surface area contributed by atoms with E-state index in [9.17, 15) is 4.79 Å². The number of hydrogen-bond acceptors (Lipinski definition) is 6. The quantitative estimate of drug-likeness (QED) is 0.295. The highest BCUT2D eigenvalue weighted by molar-refractivity contribution is 5.70. The average Bonchev–Trinajstić information content (AvgIpc) is 3.32. The number of carbonyl (C=O) groups excluding carboxylic acids is 1. The van der Waals surface area contributed by atoms with Crippen molar-refractivity contribution >= 4 is 5.97 Å². The maximum atomic E-state index is 12.1. The molecule has 7 heteroatoms. The van der Waals surface area contributed by atoms with Gasteiger partial charge in [-0.15, -0.1) is 0 Å². The summed E-state index contributed by atoms with van der Waals surface area (Å²) in [7, 11) is 3.19. The molecule has 0 spiro atoms. The SMILES string of the molecule is CCCCCCCC(=O)OCc1ccccc1-c1nc(-c2ccc(OC)c(OC)c2)n[nH]1. The van der Waals surface area contributed by atoms with Gasteiger partial charge in [-0.05, 0) is 24.6 Å². The molecule has 0 aliphatic carbocycles. The van der Waals surface area contributed by atoms with Crippen molar-refractivity contribution in [1.29, 1.82) is 0 Å². The molecule has 3 aromatic rings. The van der Waals surface area contributed by atoms with E-state index in [0.29, 0.717) is 29.6 Å². The molecule has 1 heterocycles. The second kappa shape index (κ2) is 11.9. The monoisotopic (exact) mass is 437 g/mol. The van der Waals surface area contributed by atoms with Gasteiger partial charge >= 0.3 is 5.97 Å². The van der Waals surface area contributed by atoms with E-state index in [1.807, 2.05) is 42.5 Å². The molecule has 0 aliphatic heterocycles. The highest BCUT2D eigenvalue weighted by Gasteiger charge is 2.14. The van der Waals surface area contributed by atoms with E-state index in [0.717, 1.165) is 29.5 Å². The summed E-state index contributed by atoms with van der Waals surface area (Å²) in [5.41, 5.74) is 2.53. The Kier molecular flexibility index (Phi) is 8.66. The highest BCUT2D eigenvalue weighted by atomic mass is 16.5. The molecule has 1 aromatic heterocycles. The van der Waals surface area contributed by atoms with Gasteiger partial charge in [0.25, 0.3) is 0 Å². The number of unbranched alkanes of at least 4 members (excludes halogenated alkanes) is 4. The fraction of sp³-hybridized carbons (Fsp3) is 0.400. The molecule has 0 atom stereocenters. The van der Waals surface area contributed by atoms with Crippen molar-refractivity contribution in [3.8, 4) is 34.3 Å². The number of carbonyl (C=O) groups is 1. The first-order chi connectivity index (χ1) is 15.7. The van der Waals surface area contributed by atoms with E-state index in [2.05, 4.69) is 22.1 Å². The van der Waals surface area contributed by atoms with E-state index in [-0.39, 0.29) is 12.6 Å². The molecule has 3 rings (SSSR count). The normalized spacial score (nSPS) is 10.7. The summed E-state index contributed by atoms with van der Waals surface area (Å²) in [5.74, 6) is 2.24. The molecule has 0 aliphatic rings. The number of aromatic amines is 1. The van der Waals surface area contributed by atoms with Gasteiger partial charge in [0, 0.05) is 23.1 Å². The van der Waals surface area contributed by atoms with Gasteiger partial charge in [0.15, 0.2) is 23.1 Å². The van der Waals surface area contributed by atoms with Crippen molar-refractivity contribution in [2.75, 3.05) is 14.2 Å². The number of rotatable bonds is 12. The van der Waals surface area contributed by atoms with Crippen molar-refractivity contribution in [3.63, 3.8) is 0 Å². The first-order valence-corrected chi connectivity index (χ1v) is 11.0. The van der Waals surface area contributed by atoms with Crippen LogP contribution in [0, 0.1) is 0 Å². The van der Waals surface area contributed by atoms with Gasteiger partial charge in [0.05, 0.1) is 14.2 Å². The Balaban J connectivity index is 1.67. The molecule has 0 saturated carbocycles. The number of nitrogens with one attached hydrogen (secondary N) is 1. The molecule has 7 nitrogen and oxygen atoms in total. The van der Waals surface area contributed by atoms with Crippen LogP contribution in [0.4, 0.5) is 0 Å². The Hall–Kier alpha value is -3.35. The number of nitrogens with zero attached hydrogens (tertiary/aromatic N) is 2. The van der Waals surface area contributed by atoms with E-state index in [1.54, 1.807) is 14.2 Å². The van der Waals surface area contributed by atoms with Crippen molar-refractivity contribution in [1.82, 2.24) is 15.2 Å². The Labute approximate surface area is 189 Å². The number of aromatic nitrogens is 3. The van der Waals surface area contributed by atoms with Crippen molar-refractivity contribution in [2.24, 2.45) is 0 Å². The molecule has 0 fully saturated rings. The lowest BCUT2D eigenvalue weighted by Gasteiger charge is -2.09. The number of H-pyrrole nitrogens is 1. The van der Waals surface area contributed by atoms with Gasteiger partial charge in [-0.2, -0.15) is 5.10 Å². The highest BCUT2D eigenvalue weighted by Crippen LogP contribution is 2.32. The largest absolute Gasteiger partial charge is 0.493 e. The third-order valence-corrected chi connectivity index (χ3v) is 5.27. The molecule has 0 unspecified atom stereocenters. The minimum atomic E-state index is -0.167. The van der Waals surface area contributed by atoms with Crippen LogP contribution in [-0.2, 0) is 16.1 Å². The zero-order valence-corrected chi connectivity index (χ0v) is 19.0. The number of ether oxygens (including phenoxy) is 3. The summed E-state index contributed by atoms with van der Waals surface area (Å²) in [4.78, 5) is 16.8. The second-order valence-electron chi connectivity index (χ2n) is 7.56. The van der Waals surface area contributed by atoms with Crippen LogP contribution in [0.5, 0.6) is 11.5 Å². The van der Waals surface area contributed by atoms with Crippen LogP contribution < -0.4 is 9.47 Å². The molecule has 170 valence electrons. The molecule has 0 radical (unpaired) electrons. The molecule has 0 saturated heterocycles. The molecule has 1 N–H and O–H groups in total. The summed E-state index contributed by atoms with van der Waals surface area (Å²) >= 11 is 0. The standard InChI is InChI=1S/C25H31N3O4/c1-4-5-6-7-8-13-23(29)32-17-19-11-9-10-12-20(19)25-26-24(27-28-25)18-14-15-21(30-2)22(16-18)31-3/h9-12,14-16H,4-8,13,17H2,1-3H3,(H,26,27,28). The predicted molar refractivity (Wildman–Crippen MR) is 124 cm³/mol. The van der Waals surface area contributed by atoms with E-state index < -0.39 is 0 Å². The number of benzene rings is 2. The smallest absolute Gasteiger partial charge is 0.306 e. The van der Waals surface area contributed by atoms with Crippen LogP contribution in [0.25, 0.3) is 22.8 Å². The lowest BCUT2D eigenvalue weighted by atomic mass is 10.1. The maximum Gasteiger partial charge on any atom is 0.306 e. The van der Waals surface area contributed by atoms with Crippen LogP contribution in [0.1, 0.15) is 51.0 Å². The molecule has 32 heavy (non-hydrogen) atoms. The van der Waals surface area contributed by atoms with E-state index in [1.165, 1.54) is 19.3 Å². The summed E-state index contributed by atoms with van der Waals surface area (Å²) in [6.45, 7) is 2.38. The van der Waals surface area contributed by atoms with Crippen LogP contribution >= 0.6 is 0 Å². The molecule has 2 aromatic carbocycles. The number of hydrogen-bond donors (Lipinski definition) is 1. The lowest BCUT2D eigenvalue weighted by molar-refractivity contribution is -0.145. The summed E-state index contributed by atoms with van der Waals surface area (Å²) < 4.78 is 16.2. The van der Waals surface area contributed by atoms with E-state index >= 15 is 0 Å². The molecular weight excluding hydrogens is 406 g/mol. The van der Waals surface area contributed by atoms with Crippen molar-refractivity contribution in [2.45, 2.75) is 52.1 Å². The Bertz CT molecular complexity index is 1020. The summed E-state index contributed by atoms with van der Waals surface area (Å²) in [6, 6.07) is 13.2. The maximum absolute atomic E-state index is 12.1. The van der Waals surface area contributed by atoms with Gasteiger partial charge < -0.3 is 14.2 Å². The van der Waals surface area contributed by atoms with Gasteiger partial charge in [0.1, 0.15) is 6.61 Å². The first kappa shape index (κ1) is 23.3. The van der Waals surface area contributed by atoms with Crippen LogP contribution in [0.15, 0.2) is 42.5 Å². The summed E-state index contributed by atoms with van der Waals surface area (Å²) in [5, 5.41) is 7.35. The fourth-order valence-corrected chi connectivity index (χ4v) is 3.47. The topological polar surface area (TPSA) is 86.3 Å². The third kappa shape index (κ3) is 6.09. The van der Waals surface area contributed by atoms with Gasteiger partial charge in [-0.3, -0.25) is 9.89 Å². The molecule has 0 bridgehead atoms. The Morgan fingerprint density at radius 1 is 0.969 bits per heavy atom. The molecular formula is C25H31N3O4. The van der Waals surface area contributed by atoms with Crippen LogP contribution in [-0.4, -0.2) is 35.4 Å². The Morgan fingerprint density at radius 2 is 1.75 bits per heavy atom. The van der Waals surface area contributed by atoms with E-state index in [4.69, 9.17) is 14.2 Å². The van der Waals surface area contributed by atoms with Crippen LogP contribution in [0.2, 0.25) is 0 Å². The number of methoxy groups -OCH3 is 2. The minimum Gasteiger partial charge on any atom is -0.493 e. The fourth-order valence-electron chi connectivity index (χ4n) is 3.47. The van der Waals surface area contributed by atoms with Gasteiger partial charge in [-0.25, -0.2) is 4.98 Å². The van der Waals surface area contributed by atoms with Crippen LogP contribution in [0.3, 0.4) is 0 Å².